The molecule has 3 atom stereocenters. The number of hydrogen-bond acceptors (Lipinski definition) is 4. The van der Waals surface area contributed by atoms with E-state index in [1.165, 1.54) is 18.6 Å². The number of rotatable bonds is 5. The highest BCUT2D eigenvalue weighted by molar-refractivity contribution is 7.91. The minimum Gasteiger partial charge on any atom is -0.358 e. The van der Waals surface area contributed by atoms with E-state index in [4.69, 9.17) is 0 Å². The summed E-state index contributed by atoms with van der Waals surface area (Å²) in [6, 6.07) is 4.06. The van der Waals surface area contributed by atoms with Crippen molar-refractivity contribution in [1.29, 1.82) is 0 Å². The maximum absolute atomic E-state index is 13.5. The number of aromatic nitrogens is 1. The van der Waals surface area contributed by atoms with E-state index in [2.05, 4.69) is 22.1 Å². The molecule has 1 amide bonds. The number of benzene rings is 1. The molecule has 2 aromatic rings. The van der Waals surface area contributed by atoms with E-state index < -0.39 is 21.6 Å². The van der Waals surface area contributed by atoms with Gasteiger partial charge in [-0.3, -0.25) is 4.79 Å². The third kappa shape index (κ3) is 5.92. The van der Waals surface area contributed by atoms with Crippen LogP contribution in [0.5, 0.6) is 0 Å². The highest BCUT2D eigenvalue weighted by Crippen LogP contribution is 2.47. The Morgan fingerprint density at radius 2 is 1.85 bits per heavy atom. The summed E-state index contributed by atoms with van der Waals surface area (Å²) in [4.78, 5) is 19.2. The second kappa shape index (κ2) is 10.9. The first-order valence-electron chi connectivity index (χ1n) is 15.4. The number of H-pyrrole nitrogens is 1. The minimum atomic E-state index is -4.36. The standard InChI is InChI=1S/C31H42F3N3O3S/c1-20-25-19-37(13-7-22(25)17-27-28(20)24-18-23(31(32,33)34)5-6-26(24)35-27)14-12-30(10-3-2-4-11-30)36-29(38)21-8-15-41(39,40)16-9-21/h5-6,18,20-22,25,35H,2-4,7-17,19H2,1H3,(H,36,38)/t20-,22-,25-/m1/s1. The zero-order valence-corrected chi connectivity index (χ0v) is 24.7. The number of piperidine rings is 1. The summed E-state index contributed by atoms with van der Waals surface area (Å²) in [6.07, 6.45) is 4.55. The summed E-state index contributed by atoms with van der Waals surface area (Å²) in [5.74, 6) is 1.05. The first-order valence-corrected chi connectivity index (χ1v) is 17.2. The quantitative estimate of drug-likeness (QED) is 0.458. The first-order chi connectivity index (χ1) is 19.4. The number of hydrogen-bond donors (Lipinski definition) is 2. The molecule has 6 nitrogen and oxygen atoms in total. The predicted molar refractivity (Wildman–Crippen MR) is 153 cm³/mol. The maximum atomic E-state index is 13.5. The number of nitrogens with zero attached hydrogens (tertiary/aromatic N) is 1. The Kier molecular flexibility index (Phi) is 7.71. The van der Waals surface area contributed by atoms with Gasteiger partial charge in [0.25, 0.3) is 0 Å². The maximum Gasteiger partial charge on any atom is 0.416 e. The SMILES string of the molecule is C[C@H]1c2c([nH]c3ccc(C(F)(F)F)cc23)C[C@H]2CCN(CCC3(NC(=O)C4CCS(=O)(=O)CC4)CCCCC3)C[C@@H]21. The molecule has 1 saturated carbocycles. The molecule has 226 valence electrons. The fourth-order valence-electron chi connectivity index (χ4n) is 8.28. The molecule has 3 heterocycles. The molecule has 0 spiro atoms. The van der Waals surface area contributed by atoms with Gasteiger partial charge in [-0.2, -0.15) is 13.2 Å². The Labute approximate surface area is 240 Å². The van der Waals surface area contributed by atoms with Gasteiger partial charge in [0.15, 0.2) is 0 Å². The van der Waals surface area contributed by atoms with Gasteiger partial charge >= 0.3 is 6.18 Å². The Morgan fingerprint density at radius 1 is 1.12 bits per heavy atom. The highest BCUT2D eigenvalue weighted by Gasteiger charge is 2.42. The van der Waals surface area contributed by atoms with Gasteiger partial charge in [0, 0.05) is 41.1 Å². The second-order valence-electron chi connectivity index (χ2n) is 13.3. The van der Waals surface area contributed by atoms with Crippen LogP contribution in [0.3, 0.4) is 0 Å². The fourth-order valence-corrected chi connectivity index (χ4v) is 9.77. The van der Waals surface area contributed by atoms with Crippen molar-refractivity contribution in [3.8, 4) is 0 Å². The normalized spacial score (nSPS) is 28.6. The number of aromatic amines is 1. The van der Waals surface area contributed by atoms with E-state index in [0.717, 1.165) is 81.4 Å². The molecule has 2 N–H and O–H groups in total. The van der Waals surface area contributed by atoms with Gasteiger partial charge in [-0.1, -0.05) is 26.2 Å². The van der Waals surface area contributed by atoms with Crippen molar-refractivity contribution in [3.05, 3.63) is 35.0 Å². The van der Waals surface area contributed by atoms with Crippen molar-refractivity contribution in [1.82, 2.24) is 15.2 Å². The van der Waals surface area contributed by atoms with Crippen LogP contribution in [0.4, 0.5) is 13.2 Å². The second-order valence-corrected chi connectivity index (χ2v) is 15.6. The Bertz CT molecular complexity index is 1380. The molecule has 3 fully saturated rings. The molecule has 4 aliphatic rings. The lowest BCUT2D eigenvalue weighted by atomic mass is 9.68. The molecule has 10 heteroatoms. The number of nitrogens with one attached hydrogen (secondary N) is 2. The van der Waals surface area contributed by atoms with Crippen LogP contribution in [0.15, 0.2) is 18.2 Å². The Hall–Kier alpha value is -2.07. The van der Waals surface area contributed by atoms with Gasteiger partial charge in [-0.05, 0) is 93.0 Å². The molecule has 2 aliphatic carbocycles. The van der Waals surface area contributed by atoms with Gasteiger partial charge in [0.1, 0.15) is 9.84 Å². The minimum absolute atomic E-state index is 0.0199. The summed E-state index contributed by atoms with van der Waals surface area (Å²) >= 11 is 0. The number of carbonyl (C=O) groups is 1. The number of alkyl halides is 3. The van der Waals surface area contributed by atoms with Crippen LogP contribution < -0.4 is 5.32 Å². The van der Waals surface area contributed by atoms with Crippen LogP contribution in [-0.2, 0) is 27.2 Å². The summed E-state index contributed by atoms with van der Waals surface area (Å²) in [5.41, 5.74) is 2.11. The number of carbonyl (C=O) groups excluding carboxylic acids is 1. The smallest absolute Gasteiger partial charge is 0.358 e. The third-order valence-corrected chi connectivity index (χ3v) is 12.4. The average molecular weight is 594 g/mol. The summed E-state index contributed by atoms with van der Waals surface area (Å²) < 4.78 is 64.2. The monoisotopic (exact) mass is 593 g/mol. The van der Waals surface area contributed by atoms with E-state index in [0.29, 0.717) is 30.1 Å². The summed E-state index contributed by atoms with van der Waals surface area (Å²) in [5, 5.41) is 4.13. The van der Waals surface area contributed by atoms with Crippen LogP contribution in [0.2, 0.25) is 0 Å². The van der Waals surface area contributed by atoms with E-state index in [-0.39, 0.29) is 34.8 Å². The summed E-state index contributed by atoms with van der Waals surface area (Å²) in [7, 11) is -3.01. The molecule has 0 radical (unpaired) electrons. The molecule has 0 unspecified atom stereocenters. The van der Waals surface area contributed by atoms with Crippen LogP contribution in [0, 0.1) is 17.8 Å². The van der Waals surface area contributed by atoms with E-state index in [1.807, 2.05) is 0 Å². The Morgan fingerprint density at radius 3 is 2.56 bits per heavy atom. The Balaban J connectivity index is 1.14. The van der Waals surface area contributed by atoms with Gasteiger partial charge in [0.2, 0.25) is 5.91 Å². The summed E-state index contributed by atoms with van der Waals surface area (Å²) in [6.45, 7) is 4.97. The predicted octanol–water partition coefficient (Wildman–Crippen LogP) is 5.82. The number of amides is 1. The van der Waals surface area contributed by atoms with Crippen LogP contribution in [0.1, 0.15) is 87.4 Å². The lowest BCUT2D eigenvalue weighted by Gasteiger charge is -2.46. The molecular weight excluding hydrogens is 551 g/mol. The molecule has 2 saturated heterocycles. The van der Waals surface area contributed by atoms with Gasteiger partial charge in [-0.15, -0.1) is 0 Å². The molecular formula is C31H42F3N3O3S. The van der Waals surface area contributed by atoms with Crippen molar-refractivity contribution >= 4 is 26.6 Å². The van der Waals surface area contributed by atoms with Crippen molar-refractivity contribution in [2.45, 2.75) is 88.8 Å². The van der Waals surface area contributed by atoms with E-state index >= 15 is 0 Å². The molecule has 1 aromatic carbocycles. The molecule has 6 rings (SSSR count). The third-order valence-electron chi connectivity index (χ3n) is 10.7. The average Bonchev–Trinajstić information content (AvgIpc) is 3.30. The molecule has 41 heavy (non-hydrogen) atoms. The molecule has 1 aromatic heterocycles. The molecule has 0 bridgehead atoms. The van der Waals surface area contributed by atoms with Crippen molar-refractivity contribution in [2.24, 2.45) is 17.8 Å². The first kappa shape index (κ1) is 29.0. The number of sulfone groups is 1. The highest BCUT2D eigenvalue weighted by atomic mass is 32.2. The van der Waals surface area contributed by atoms with Gasteiger partial charge < -0.3 is 15.2 Å². The van der Waals surface area contributed by atoms with Gasteiger partial charge in [-0.25, -0.2) is 8.42 Å². The van der Waals surface area contributed by atoms with Crippen molar-refractivity contribution in [3.63, 3.8) is 0 Å². The van der Waals surface area contributed by atoms with Crippen molar-refractivity contribution < 1.29 is 26.4 Å². The zero-order chi connectivity index (χ0) is 29.0. The van der Waals surface area contributed by atoms with Crippen LogP contribution in [0.25, 0.3) is 10.9 Å². The fraction of sp³-hybridized carbons (Fsp3) is 0.710. The van der Waals surface area contributed by atoms with Gasteiger partial charge in [0.05, 0.1) is 17.1 Å². The largest absolute Gasteiger partial charge is 0.416 e. The topological polar surface area (TPSA) is 82.3 Å². The van der Waals surface area contributed by atoms with Crippen molar-refractivity contribution in [2.75, 3.05) is 31.1 Å². The number of likely N-dealkylation sites (tertiary alicyclic amines) is 1. The number of fused-ring (bicyclic) bond motifs is 4. The van der Waals surface area contributed by atoms with E-state index in [1.54, 1.807) is 6.07 Å². The lowest BCUT2D eigenvalue weighted by molar-refractivity contribution is -0.137. The van der Waals surface area contributed by atoms with Crippen LogP contribution in [-0.4, -0.2) is 60.9 Å². The number of halogens is 3. The lowest BCUT2D eigenvalue weighted by Crippen LogP contribution is -2.54. The van der Waals surface area contributed by atoms with Crippen LogP contribution >= 0.6 is 0 Å². The molecule has 2 aliphatic heterocycles. The zero-order valence-electron chi connectivity index (χ0n) is 23.9. The van der Waals surface area contributed by atoms with E-state index in [9.17, 15) is 26.4 Å².